The molecule has 1 aromatic carbocycles. The molecule has 6 nitrogen and oxygen atoms in total. The van der Waals surface area contributed by atoms with E-state index in [2.05, 4.69) is 15.5 Å². The van der Waals surface area contributed by atoms with Gasteiger partial charge in [-0.3, -0.25) is 0 Å². The third kappa shape index (κ3) is 4.75. The molecule has 1 aliphatic rings. The third-order valence-corrected chi connectivity index (χ3v) is 3.48. The molecule has 1 atom stereocenters. The number of rotatable bonds is 5. The Labute approximate surface area is 124 Å². The Bertz CT molecular complexity index is 513. The van der Waals surface area contributed by atoms with Crippen molar-refractivity contribution in [2.75, 3.05) is 25.0 Å². The lowest BCUT2D eigenvalue weighted by Crippen LogP contribution is -2.42. The van der Waals surface area contributed by atoms with Gasteiger partial charge < -0.3 is 20.6 Å². The maximum atomic E-state index is 11.9. The number of likely N-dealkylation sites (tertiary alicyclic amines) is 1. The molecule has 0 radical (unpaired) electrons. The number of nitrogens with zero attached hydrogens (tertiary/aromatic N) is 1. The van der Waals surface area contributed by atoms with Crippen molar-refractivity contribution < 1.29 is 14.7 Å². The maximum Gasteiger partial charge on any atom is 0.335 e. The highest BCUT2D eigenvalue weighted by atomic mass is 16.4. The van der Waals surface area contributed by atoms with Gasteiger partial charge in [-0.1, -0.05) is 6.07 Å². The zero-order valence-electron chi connectivity index (χ0n) is 12.1. The summed E-state index contributed by atoms with van der Waals surface area (Å²) in [5, 5.41) is 14.4. The van der Waals surface area contributed by atoms with E-state index in [1.165, 1.54) is 25.0 Å². The van der Waals surface area contributed by atoms with Crippen molar-refractivity contribution in [3.63, 3.8) is 0 Å². The molecular weight excluding hydrogens is 270 g/mol. The number of carboxylic acids is 1. The van der Waals surface area contributed by atoms with Gasteiger partial charge in [-0.05, 0) is 51.1 Å². The van der Waals surface area contributed by atoms with Gasteiger partial charge >= 0.3 is 12.0 Å². The molecule has 0 spiro atoms. The van der Waals surface area contributed by atoms with Crippen LogP contribution in [-0.4, -0.2) is 47.7 Å². The topological polar surface area (TPSA) is 81.7 Å². The van der Waals surface area contributed by atoms with Crippen LogP contribution in [-0.2, 0) is 0 Å². The van der Waals surface area contributed by atoms with Crippen LogP contribution in [0.5, 0.6) is 0 Å². The molecule has 2 amide bonds. The summed E-state index contributed by atoms with van der Waals surface area (Å²) < 4.78 is 0. The van der Waals surface area contributed by atoms with Crippen molar-refractivity contribution in [3.05, 3.63) is 29.8 Å². The van der Waals surface area contributed by atoms with Crippen LogP contribution in [0.25, 0.3) is 0 Å². The number of anilines is 1. The molecule has 21 heavy (non-hydrogen) atoms. The highest BCUT2D eigenvalue weighted by Gasteiger charge is 2.16. The van der Waals surface area contributed by atoms with E-state index in [0.29, 0.717) is 5.69 Å². The summed E-state index contributed by atoms with van der Waals surface area (Å²) in [5.41, 5.74) is 0.624. The molecule has 0 bridgehead atoms. The number of urea groups is 1. The number of carbonyl (C=O) groups excluding carboxylic acids is 1. The molecule has 1 fully saturated rings. The Morgan fingerprint density at radius 1 is 1.33 bits per heavy atom. The summed E-state index contributed by atoms with van der Waals surface area (Å²) in [4.78, 5) is 25.1. The van der Waals surface area contributed by atoms with Crippen LogP contribution in [0.2, 0.25) is 0 Å². The highest BCUT2D eigenvalue weighted by molar-refractivity contribution is 5.93. The van der Waals surface area contributed by atoms with E-state index < -0.39 is 5.97 Å². The van der Waals surface area contributed by atoms with Gasteiger partial charge in [-0.25, -0.2) is 9.59 Å². The minimum absolute atomic E-state index is 0.0470. The first-order valence-corrected chi connectivity index (χ1v) is 7.18. The van der Waals surface area contributed by atoms with E-state index in [-0.39, 0.29) is 17.6 Å². The van der Waals surface area contributed by atoms with E-state index in [1.807, 2.05) is 6.92 Å². The Hall–Kier alpha value is -2.08. The quantitative estimate of drug-likeness (QED) is 0.775. The zero-order valence-corrected chi connectivity index (χ0v) is 12.1. The van der Waals surface area contributed by atoms with Crippen molar-refractivity contribution in [2.24, 2.45) is 0 Å². The molecular formula is C15H21N3O3. The number of carbonyl (C=O) groups is 2. The number of hydrogen-bond acceptors (Lipinski definition) is 3. The van der Waals surface area contributed by atoms with Gasteiger partial charge in [0.25, 0.3) is 0 Å². The number of aromatic carboxylic acids is 1. The smallest absolute Gasteiger partial charge is 0.335 e. The summed E-state index contributed by atoms with van der Waals surface area (Å²) >= 11 is 0. The zero-order chi connectivity index (χ0) is 15.2. The van der Waals surface area contributed by atoms with E-state index in [9.17, 15) is 9.59 Å². The fraction of sp³-hybridized carbons (Fsp3) is 0.467. The number of amides is 2. The fourth-order valence-corrected chi connectivity index (χ4v) is 2.52. The van der Waals surface area contributed by atoms with Crippen molar-refractivity contribution in [1.82, 2.24) is 10.2 Å². The van der Waals surface area contributed by atoms with E-state index in [0.717, 1.165) is 19.6 Å². The molecule has 1 unspecified atom stereocenters. The van der Waals surface area contributed by atoms with Gasteiger partial charge in [0.15, 0.2) is 0 Å². The number of nitrogens with one attached hydrogen (secondary N) is 2. The Morgan fingerprint density at radius 3 is 2.71 bits per heavy atom. The lowest BCUT2D eigenvalue weighted by atomic mass is 10.2. The molecule has 114 valence electrons. The fourth-order valence-electron chi connectivity index (χ4n) is 2.52. The van der Waals surface area contributed by atoms with Crippen LogP contribution < -0.4 is 10.6 Å². The van der Waals surface area contributed by atoms with Gasteiger partial charge in [0.1, 0.15) is 0 Å². The van der Waals surface area contributed by atoms with Crippen LogP contribution in [0.15, 0.2) is 24.3 Å². The summed E-state index contributed by atoms with van der Waals surface area (Å²) in [5.74, 6) is -1.01. The van der Waals surface area contributed by atoms with Gasteiger partial charge in [0.2, 0.25) is 0 Å². The summed E-state index contributed by atoms with van der Waals surface area (Å²) in [7, 11) is 0. The minimum Gasteiger partial charge on any atom is -0.478 e. The van der Waals surface area contributed by atoms with Crippen molar-refractivity contribution in [1.29, 1.82) is 0 Å². The Kier molecular flexibility index (Phi) is 5.16. The summed E-state index contributed by atoms with van der Waals surface area (Å²) in [6.45, 7) is 4.98. The lowest BCUT2D eigenvalue weighted by Gasteiger charge is -2.21. The summed E-state index contributed by atoms with van der Waals surface area (Å²) in [6.07, 6.45) is 2.45. The average Bonchev–Trinajstić information content (AvgIpc) is 2.91. The second-order valence-electron chi connectivity index (χ2n) is 5.39. The average molecular weight is 291 g/mol. The first-order chi connectivity index (χ1) is 10.0. The monoisotopic (exact) mass is 291 g/mol. The molecule has 0 saturated carbocycles. The van der Waals surface area contributed by atoms with Crippen molar-refractivity contribution >= 4 is 17.7 Å². The predicted molar refractivity (Wildman–Crippen MR) is 80.7 cm³/mol. The van der Waals surface area contributed by atoms with E-state index in [1.54, 1.807) is 12.1 Å². The van der Waals surface area contributed by atoms with Crippen LogP contribution >= 0.6 is 0 Å². The molecule has 2 rings (SSSR count). The third-order valence-electron chi connectivity index (χ3n) is 3.48. The molecule has 1 saturated heterocycles. The molecule has 6 heteroatoms. The maximum absolute atomic E-state index is 11.9. The Morgan fingerprint density at radius 2 is 2.05 bits per heavy atom. The highest BCUT2D eigenvalue weighted by Crippen LogP contribution is 2.11. The second kappa shape index (κ2) is 7.08. The van der Waals surface area contributed by atoms with Gasteiger partial charge in [0.05, 0.1) is 5.56 Å². The minimum atomic E-state index is -1.01. The van der Waals surface area contributed by atoms with Crippen LogP contribution in [0.3, 0.4) is 0 Å². The number of carboxylic acid groups (broad SMARTS) is 1. The van der Waals surface area contributed by atoms with Gasteiger partial charge in [0, 0.05) is 18.3 Å². The molecule has 3 N–H and O–H groups in total. The molecule has 0 aliphatic carbocycles. The van der Waals surface area contributed by atoms with Crippen LogP contribution in [0.1, 0.15) is 30.1 Å². The molecule has 1 aliphatic heterocycles. The molecule has 0 aromatic heterocycles. The lowest BCUT2D eigenvalue weighted by molar-refractivity contribution is 0.0697. The van der Waals surface area contributed by atoms with Crippen molar-refractivity contribution in [2.45, 2.75) is 25.8 Å². The number of benzene rings is 1. The summed E-state index contributed by atoms with van der Waals surface area (Å²) in [6, 6.07) is 5.92. The van der Waals surface area contributed by atoms with E-state index in [4.69, 9.17) is 5.11 Å². The SMILES string of the molecule is CC(CN1CCCC1)NC(=O)Nc1cccc(C(=O)O)c1. The molecule has 1 heterocycles. The second-order valence-corrected chi connectivity index (χ2v) is 5.39. The largest absolute Gasteiger partial charge is 0.478 e. The van der Waals surface area contributed by atoms with Gasteiger partial charge in [-0.15, -0.1) is 0 Å². The predicted octanol–water partition coefficient (Wildman–Crippen LogP) is 1.99. The molecule has 1 aromatic rings. The van der Waals surface area contributed by atoms with Crippen LogP contribution in [0, 0.1) is 0 Å². The number of hydrogen-bond donors (Lipinski definition) is 3. The Balaban J connectivity index is 1.83. The van der Waals surface area contributed by atoms with E-state index >= 15 is 0 Å². The first kappa shape index (κ1) is 15.3. The van der Waals surface area contributed by atoms with Crippen molar-refractivity contribution in [3.8, 4) is 0 Å². The standard InChI is InChI=1S/C15H21N3O3/c1-11(10-18-7-2-3-8-18)16-15(21)17-13-6-4-5-12(9-13)14(19)20/h4-6,9,11H,2-3,7-8,10H2,1H3,(H,19,20)(H2,16,17,21). The normalized spacial score (nSPS) is 16.4. The van der Waals surface area contributed by atoms with Crippen LogP contribution in [0.4, 0.5) is 10.5 Å². The first-order valence-electron chi connectivity index (χ1n) is 7.18. The van der Waals surface area contributed by atoms with Gasteiger partial charge in [-0.2, -0.15) is 0 Å².